The molecule has 0 unspecified atom stereocenters. The predicted octanol–water partition coefficient (Wildman–Crippen LogP) is 7.18. The fourth-order valence-electron chi connectivity index (χ4n) is 2.65. The first-order valence-corrected chi connectivity index (χ1v) is 9.39. The number of benzene rings is 2. The summed E-state index contributed by atoms with van der Waals surface area (Å²) in [6.07, 6.45) is 4.80. The van der Waals surface area contributed by atoms with Gasteiger partial charge < -0.3 is 4.74 Å². The van der Waals surface area contributed by atoms with Crippen LogP contribution in [-0.2, 0) is 0 Å². The molecule has 1 aromatic heterocycles. The molecule has 3 rings (SSSR count). The molecule has 3 aromatic rings. The van der Waals surface area contributed by atoms with Gasteiger partial charge in [0.1, 0.15) is 0 Å². The second-order valence-electron chi connectivity index (χ2n) is 5.87. The molecule has 1 heterocycles. The molecule has 0 fully saturated rings. The summed E-state index contributed by atoms with van der Waals surface area (Å²) in [5.41, 5.74) is 1.93. The zero-order valence-corrected chi connectivity index (χ0v) is 15.6. The van der Waals surface area contributed by atoms with Crippen LogP contribution in [0.5, 0.6) is 5.75 Å². The highest BCUT2D eigenvalue weighted by atomic mass is 32.1. The van der Waals surface area contributed by atoms with Crippen molar-refractivity contribution in [3.05, 3.63) is 71.1 Å². The van der Waals surface area contributed by atoms with Gasteiger partial charge in [0.05, 0.1) is 6.61 Å². The lowest BCUT2D eigenvalue weighted by molar-refractivity contribution is 0.295. The first-order valence-electron chi connectivity index (χ1n) is 8.58. The van der Waals surface area contributed by atoms with Gasteiger partial charge in [0, 0.05) is 15.3 Å². The summed E-state index contributed by atoms with van der Waals surface area (Å²) in [7, 11) is 0. The molecule has 0 saturated heterocycles. The Labute approximate surface area is 156 Å². The molecule has 2 aromatic carbocycles. The van der Waals surface area contributed by atoms with Gasteiger partial charge in [-0.15, -0.1) is 11.3 Å². The Morgan fingerprint density at radius 3 is 2.35 bits per heavy atom. The van der Waals surface area contributed by atoms with E-state index in [2.05, 4.69) is 18.2 Å². The Bertz CT molecular complexity index is 910. The van der Waals surface area contributed by atoms with Crippen LogP contribution in [0.4, 0.5) is 8.78 Å². The maximum absolute atomic E-state index is 14.4. The van der Waals surface area contributed by atoms with Crippen LogP contribution in [0.3, 0.4) is 0 Å². The van der Waals surface area contributed by atoms with Crippen molar-refractivity contribution < 1.29 is 13.5 Å². The standard InChI is InChI=1S/C22H20F2OS/c1-3-5-17-10-13-20(26-17)16-8-6-15(7-9-16)18-11-12-19(25-14-4-2)22(24)21(18)23/h3,5-13H,4,14H2,1-2H3/b5-3+. The number of hydrogen-bond acceptors (Lipinski definition) is 2. The average Bonchev–Trinajstić information content (AvgIpc) is 3.12. The van der Waals surface area contributed by atoms with E-state index in [1.54, 1.807) is 17.4 Å². The monoisotopic (exact) mass is 370 g/mol. The first-order chi connectivity index (χ1) is 12.6. The van der Waals surface area contributed by atoms with Crippen molar-refractivity contribution >= 4 is 17.4 Å². The molecule has 0 aliphatic rings. The third-order valence-electron chi connectivity index (χ3n) is 3.95. The van der Waals surface area contributed by atoms with Crippen LogP contribution in [0.1, 0.15) is 25.1 Å². The zero-order valence-electron chi connectivity index (χ0n) is 14.8. The molecule has 0 atom stereocenters. The van der Waals surface area contributed by atoms with E-state index in [0.29, 0.717) is 12.2 Å². The highest BCUT2D eigenvalue weighted by Gasteiger charge is 2.16. The molecule has 0 aliphatic carbocycles. The molecule has 0 radical (unpaired) electrons. The van der Waals surface area contributed by atoms with Crippen molar-refractivity contribution in [3.8, 4) is 27.3 Å². The number of allylic oxidation sites excluding steroid dienone is 1. The van der Waals surface area contributed by atoms with Crippen LogP contribution in [0, 0.1) is 11.6 Å². The summed E-state index contributed by atoms with van der Waals surface area (Å²) < 4.78 is 33.8. The van der Waals surface area contributed by atoms with Crippen LogP contribution in [0.25, 0.3) is 27.6 Å². The van der Waals surface area contributed by atoms with E-state index in [-0.39, 0.29) is 11.3 Å². The van der Waals surface area contributed by atoms with E-state index in [0.717, 1.165) is 16.9 Å². The van der Waals surface area contributed by atoms with E-state index in [1.165, 1.54) is 10.9 Å². The van der Waals surface area contributed by atoms with Crippen LogP contribution in [0.2, 0.25) is 0 Å². The van der Waals surface area contributed by atoms with Gasteiger partial charge in [0.25, 0.3) is 0 Å². The Morgan fingerprint density at radius 1 is 0.923 bits per heavy atom. The van der Waals surface area contributed by atoms with Gasteiger partial charge in [-0.3, -0.25) is 0 Å². The average molecular weight is 370 g/mol. The maximum Gasteiger partial charge on any atom is 0.201 e. The third-order valence-corrected chi connectivity index (χ3v) is 5.05. The summed E-state index contributed by atoms with van der Waals surface area (Å²) >= 11 is 1.69. The summed E-state index contributed by atoms with van der Waals surface area (Å²) in [5, 5.41) is 0. The van der Waals surface area contributed by atoms with Crippen LogP contribution in [-0.4, -0.2) is 6.61 Å². The lowest BCUT2D eigenvalue weighted by atomic mass is 10.0. The molecule has 134 valence electrons. The summed E-state index contributed by atoms with van der Waals surface area (Å²) in [6, 6.07) is 14.7. The number of halogens is 2. The quantitative estimate of drug-likeness (QED) is 0.446. The van der Waals surface area contributed by atoms with Crippen molar-refractivity contribution in [1.82, 2.24) is 0 Å². The SMILES string of the molecule is C/C=C/c1ccc(-c2ccc(-c3ccc(OCCC)c(F)c3F)cc2)s1. The summed E-state index contributed by atoms with van der Waals surface area (Å²) in [4.78, 5) is 2.32. The Morgan fingerprint density at radius 2 is 1.65 bits per heavy atom. The Balaban J connectivity index is 1.87. The molecule has 0 amide bonds. The molecule has 26 heavy (non-hydrogen) atoms. The van der Waals surface area contributed by atoms with Crippen molar-refractivity contribution in [3.63, 3.8) is 0 Å². The molecule has 0 bridgehead atoms. The van der Waals surface area contributed by atoms with Crippen molar-refractivity contribution in [2.24, 2.45) is 0 Å². The van der Waals surface area contributed by atoms with Gasteiger partial charge in [0.2, 0.25) is 5.82 Å². The molecule has 0 N–H and O–H groups in total. The van der Waals surface area contributed by atoms with Gasteiger partial charge in [-0.05, 0) is 54.8 Å². The minimum atomic E-state index is -0.936. The fraction of sp³-hybridized carbons (Fsp3) is 0.182. The normalized spacial score (nSPS) is 11.2. The van der Waals surface area contributed by atoms with Crippen LogP contribution >= 0.6 is 11.3 Å². The van der Waals surface area contributed by atoms with Gasteiger partial charge >= 0.3 is 0 Å². The van der Waals surface area contributed by atoms with E-state index in [1.807, 2.05) is 44.2 Å². The predicted molar refractivity (Wildman–Crippen MR) is 106 cm³/mol. The summed E-state index contributed by atoms with van der Waals surface area (Å²) in [5.74, 6) is -1.85. The minimum Gasteiger partial charge on any atom is -0.490 e. The maximum atomic E-state index is 14.4. The molecule has 4 heteroatoms. The van der Waals surface area contributed by atoms with E-state index >= 15 is 0 Å². The molecule has 1 nitrogen and oxygen atoms in total. The van der Waals surface area contributed by atoms with Crippen molar-refractivity contribution in [1.29, 1.82) is 0 Å². The van der Waals surface area contributed by atoms with E-state index in [4.69, 9.17) is 4.74 Å². The second-order valence-corrected chi connectivity index (χ2v) is 6.98. The van der Waals surface area contributed by atoms with Gasteiger partial charge in [-0.2, -0.15) is 4.39 Å². The highest BCUT2D eigenvalue weighted by molar-refractivity contribution is 7.16. The van der Waals surface area contributed by atoms with Gasteiger partial charge in [-0.25, -0.2) is 4.39 Å². The third kappa shape index (κ3) is 3.86. The van der Waals surface area contributed by atoms with Crippen molar-refractivity contribution in [2.75, 3.05) is 6.61 Å². The number of hydrogen-bond donors (Lipinski definition) is 0. The Hall–Kier alpha value is -2.46. The molecular formula is C22H20F2OS. The van der Waals surface area contributed by atoms with E-state index in [9.17, 15) is 8.78 Å². The smallest absolute Gasteiger partial charge is 0.201 e. The molecular weight excluding hydrogens is 350 g/mol. The topological polar surface area (TPSA) is 9.23 Å². The summed E-state index contributed by atoms with van der Waals surface area (Å²) in [6.45, 7) is 4.26. The molecule has 0 saturated carbocycles. The Kier molecular flexibility index (Phi) is 5.84. The molecule has 0 spiro atoms. The van der Waals surface area contributed by atoms with Crippen molar-refractivity contribution in [2.45, 2.75) is 20.3 Å². The first kappa shape index (κ1) is 18.3. The van der Waals surface area contributed by atoms with Crippen LogP contribution in [0.15, 0.2) is 54.6 Å². The molecule has 0 aliphatic heterocycles. The number of rotatable bonds is 6. The minimum absolute atomic E-state index is 0.0418. The lowest BCUT2D eigenvalue weighted by Gasteiger charge is -2.10. The largest absolute Gasteiger partial charge is 0.490 e. The number of ether oxygens (including phenoxy) is 1. The van der Waals surface area contributed by atoms with Gasteiger partial charge in [0.15, 0.2) is 11.6 Å². The second kappa shape index (κ2) is 8.28. The van der Waals surface area contributed by atoms with Crippen LogP contribution < -0.4 is 4.74 Å². The fourth-order valence-corrected chi connectivity index (χ4v) is 3.64. The number of thiophene rings is 1. The van der Waals surface area contributed by atoms with Gasteiger partial charge in [-0.1, -0.05) is 37.3 Å². The zero-order chi connectivity index (χ0) is 18.5. The van der Waals surface area contributed by atoms with E-state index < -0.39 is 11.6 Å². The highest BCUT2D eigenvalue weighted by Crippen LogP contribution is 2.33. The lowest BCUT2D eigenvalue weighted by Crippen LogP contribution is -2.00.